The minimum Gasteiger partial charge on any atom is -0.485 e. The lowest BCUT2D eigenvalue weighted by Gasteiger charge is -2.18. The first-order valence-corrected chi connectivity index (χ1v) is 7.30. The summed E-state index contributed by atoms with van der Waals surface area (Å²) >= 11 is 0. The molecule has 2 aromatic rings. The number of esters is 1. The largest absolute Gasteiger partial charge is 0.485 e. The summed E-state index contributed by atoms with van der Waals surface area (Å²) in [7, 11) is 3.26. The highest BCUT2D eigenvalue weighted by molar-refractivity contribution is 5.91. The smallest absolute Gasteiger partial charge is 0.373 e. The third-order valence-corrected chi connectivity index (χ3v) is 3.21. The molecule has 0 amide bonds. The van der Waals surface area contributed by atoms with E-state index in [2.05, 4.69) is 4.98 Å². The molecule has 1 heterocycles. The molecule has 2 rings (SSSR count). The normalized spacial score (nSPS) is 11.0. The standard InChI is InChI=1S/C18H20N2O3/c1-20(17-10-6-7-11-19-17)12-13-23-16(18(21)22-2)14-15-8-4-3-5-9-15/h3-11,14H,12-13H2,1-2H3. The molecule has 0 aliphatic heterocycles. The molecule has 0 spiro atoms. The number of likely N-dealkylation sites (N-methyl/N-ethyl adjacent to an activating group) is 1. The second kappa shape index (κ2) is 8.58. The fourth-order valence-corrected chi connectivity index (χ4v) is 1.95. The highest BCUT2D eigenvalue weighted by Crippen LogP contribution is 2.11. The van der Waals surface area contributed by atoms with Gasteiger partial charge in [0, 0.05) is 13.2 Å². The van der Waals surface area contributed by atoms with Crippen LogP contribution in [0, 0.1) is 0 Å². The Morgan fingerprint density at radius 3 is 2.57 bits per heavy atom. The minimum absolute atomic E-state index is 0.188. The maximum atomic E-state index is 11.8. The third-order valence-electron chi connectivity index (χ3n) is 3.21. The summed E-state index contributed by atoms with van der Waals surface area (Å²) in [5.41, 5.74) is 0.881. The Hall–Kier alpha value is -2.82. The number of pyridine rings is 1. The van der Waals surface area contributed by atoms with Gasteiger partial charge < -0.3 is 14.4 Å². The first kappa shape index (κ1) is 16.5. The quantitative estimate of drug-likeness (QED) is 0.447. The van der Waals surface area contributed by atoms with Gasteiger partial charge in [0.15, 0.2) is 0 Å². The van der Waals surface area contributed by atoms with Crippen LogP contribution in [0.1, 0.15) is 5.56 Å². The molecule has 0 aliphatic carbocycles. The molecule has 0 atom stereocenters. The maximum Gasteiger partial charge on any atom is 0.373 e. The third kappa shape index (κ3) is 5.14. The summed E-state index contributed by atoms with van der Waals surface area (Å²) in [5, 5.41) is 0. The van der Waals surface area contributed by atoms with Crippen molar-refractivity contribution in [2.24, 2.45) is 0 Å². The number of benzene rings is 1. The van der Waals surface area contributed by atoms with Gasteiger partial charge in [0.25, 0.3) is 0 Å². The van der Waals surface area contributed by atoms with Gasteiger partial charge in [0.05, 0.1) is 13.7 Å². The van der Waals surface area contributed by atoms with E-state index in [4.69, 9.17) is 9.47 Å². The number of hydrogen-bond donors (Lipinski definition) is 0. The zero-order valence-electron chi connectivity index (χ0n) is 13.3. The number of aromatic nitrogens is 1. The summed E-state index contributed by atoms with van der Waals surface area (Å²) in [4.78, 5) is 18.0. The van der Waals surface area contributed by atoms with Crippen LogP contribution < -0.4 is 4.90 Å². The lowest BCUT2D eigenvalue weighted by atomic mass is 10.2. The van der Waals surface area contributed by atoms with Gasteiger partial charge in [-0.05, 0) is 23.8 Å². The van der Waals surface area contributed by atoms with Crippen molar-refractivity contribution in [1.82, 2.24) is 4.98 Å². The van der Waals surface area contributed by atoms with Crippen LogP contribution in [0.3, 0.4) is 0 Å². The monoisotopic (exact) mass is 312 g/mol. The van der Waals surface area contributed by atoms with Gasteiger partial charge >= 0.3 is 5.97 Å². The van der Waals surface area contributed by atoms with Crippen LogP contribution in [0.25, 0.3) is 6.08 Å². The van der Waals surface area contributed by atoms with Crippen LogP contribution in [-0.2, 0) is 14.3 Å². The highest BCUT2D eigenvalue weighted by atomic mass is 16.6. The lowest BCUT2D eigenvalue weighted by Crippen LogP contribution is -2.24. The zero-order chi connectivity index (χ0) is 16.5. The SMILES string of the molecule is COC(=O)C(=Cc1ccccc1)OCCN(C)c1ccccn1. The summed E-state index contributed by atoms with van der Waals surface area (Å²) in [6, 6.07) is 15.2. The molecular formula is C18H20N2O3. The number of rotatable bonds is 7. The Labute approximate surface area is 136 Å². The van der Waals surface area contributed by atoms with Gasteiger partial charge in [-0.2, -0.15) is 0 Å². The van der Waals surface area contributed by atoms with Crippen LogP contribution in [0.4, 0.5) is 5.82 Å². The van der Waals surface area contributed by atoms with Crippen molar-refractivity contribution >= 4 is 17.9 Å². The van der Waals surface area contributed by atoms with E-state index in [9.17, 15) is 4.79 Å². The van der Waals surface area contributed by atoms with Crippen molar-refractivity contribution in [2.45, 2.75) is 0 Å². The van der Waals surface area contributed by atoms with Crippen molar-refractivity contribution in [3.8, 4) is 0 Å². The molecule has 0 aliphatic rings. The van der Waals surface area contributed by atoms with Crippen LogP contribution >= 0.6 is 0 Å². The summed E-state index contributed by atoms with van der Waals surface area (Å²) in [6.07, 6.45) is 3.41. The average molecular weight is 312 g/mol. The van der Waals surface area contributed by atoms with Gasteiger partial charge in [-0.25, -0.2) is 9.78 Å². The number of methoxy groups -OCH3 is 1. The molecule has 5 heteroatoms. The van der Waals surface area contributed by atoms with E-state index in [1.165, 1.54) is 7.11 Å². The summed E-state index contributed by atoms with van der Waals surface area (Å²) < 4.78 is 10.4. The Bertz CT molecular complexity index is 642. The van der Waals surface area contributed by atoms with Crippen molar-refractivity contribution in [3.63, 3.8) is 0 Å². The fourth-order valence-electron chi connectivity index (χ4n) is 1.95. The molecular weight excluding hydrogens is 292 g/mol. The lowest BCUT2D eigenvalue weighted by molar-refractivity contribution is -0.139. The first-order valence-electron chi connectivity index (χ1n) is 7.30. The van der Waals surface area contributed by atoms with Crippen molar-refractivity contribution in [2.75, 3.05) is 32.2 Å². The van der Waals surface area contributed by atoms with Crippen molar-refractivity contribution in [3.05, 3.63) is 66.1 Å². The van der Waals surface area contributed by atoms with Gasteiger partial charge in [0.1, 0.15) is 12.4 Å². The van der Waals surface area contributed by atoms with Gasteiger partial charge in [-0.1, -0.05) is 36.4 Å². The number of anilines is 1. The van der Waals surface area contributed by atoms with E-state index in [1.54, 1.807) is 12.3 Å². The first-order chi connectivity index (χ1) is 11.2. The number of carbonyl (C=O) groups is 1. The van der Waals surface area contributed by atoms with Crippen LogP contribution in [0.15, 0.2) is 60.5 Å². The Morgan fingerprint density at radius 1 is 1.17 bits per heavy atom. The molecule has 0 saturated heterocycles. The van der Waals surface area contributed by atoms with E-state index < -0.39 is 5.97 Å². The summed E-state index contributed by atoms with van der Waals surface area (Å²) in [5.74, 6) is 0.547. The van der Waals surface area contributed by atoms with Gasteiger partial charge in [0.2, 0.25) is 5.76 Å². The Balaban J connectivity index is 1.97. The number of hydrogen-bond acceptors (Lipinski definition) is 5. The van der Waals surface area contributed by atoms with E-state index in [0.717, 1.165) is 11.4 Å². The molecule has 23 heavy (non-hydrogen) atoms. The molecule has 0 unspecified atom stereocenters. The molecule has 5 nitrogen and oxygen atoms in total. The van der Waals surface area contributed by atoms with Crippen LogP contribution in [0.5, 0.6) is 0 Å². The Morgan fingerprint density at radius 2 is 1.91 bits per heavy atom. The highest BCUT2D eigenvalue weighted by Gasteiger charge is 2.12. The van der Waals surface area contributed by atoms with E-state index >= 15 is 0 Å². The minimum atomic E-state index is -0.491. The molecule has 0 fully saturated rings. The topological polar surface area (TPSA) is 51.7 Å². The number of ether oxygens (including phenoxy) is 2. The number of nitrogens with zero attached hydrogens (tertiary/aromatic N) is 2. The van der Waals surface area contributed by atoms with E-state index in [1.807, 2.05) is 60.5 Å². The molecule has 120 valence electrons. The maximum absolute atomic E-state index is 11.8. The Kier molecular flexibility index (Phi) is 6.17. The molecule has 0 bridgehead atoms. The average Bonchev–Trinajstić information content (AvgIpc) is 2.61. The second-order valence-electron chi connectivity index (χ2n) is 4.87. The van der Waals surface area contributed by atoms with Gasteiger partial charge in [-0.15, -0.1) is 0 Å². The molecule has 0 saturated carbocycles. The van der Waals surface area contributed by atoms with Gasteiger partial charge in [-0.3, -0.25) is 0 Å². The van der Waals surface area contributed by atoms with Crippen molar-refractivity contribution in [1.29, 1.82) is 0 Å². The van der Waals surface area contributed by atoms with E-state index in [0.29, 0.717) is 13.2 Å². The van der Waals surface area contributed by atoms with Crippen molar-refractivity contribution < 1.29 is 14.3 Å². The molecule has 0 N–H and O–H groups in total. The second-order valence-corrected chi connectivity index (χ2v) is 4.87. The molecule has 1 aromatic heterocycles. The zero-order valence-corrected chi connectivity index (χ0v) is 13.3. The predicted molar refractivity (Wildman–Crippen MR) is 89.9 cm³/mol. The van der Waals surface area contributed by atoms with Crippen LogP contribution in [0.2, 0.25) is 0 Å². The fraction of sp³-hybridized carbons (Fsp3) is 0.222. The number of carbonyl (C=O) groups excluding carboxylic acids is 1. The summed E-state index contributed by atoms with van der Waals surface area (Å²) in [6.45, 7) is 0.945. The predicted octanol–water partition coefficient (Wildman–Crippen LogP) is 2.75. The van der Waals surface area contributed by atoms with Crippen LogP contribution in [-0.4, -0.2) is 38.3 Å². The molecule has 0 radical (unpaired) electrons. The molecule has 1 aromatic carbocycles. The van der Waals surface area contributed by atoms with E-state index in [-0.39, 0.29) is 5.76 Å².